The van der Waals surface area contributed by atoms with Crippen LogP contribution in [-0.4, -0.2) is 9.78 Å². The molecule has 3 rings (SSSR count). The van der Waals surface area contributed by atoms with Crippen molar-refractivity contribution < 1.29 is 4.98 Å². The highest BCUT2D eigenvalue weighted by atomic mass is 35.5. The number of aromatic nitrogens is 3. The Labute approximate surface area is 141 Å². The molecular formula is C18H20ClN4+. The van der Waals surface area contributed by atoms with E-state index in [1.807, 2.05) is 48.1 Å². The Balaban J connectivity index is 2.02. The van der Waals surface area contributed by atoms with Crippen LogP contribution in [0.1, 0.15) is 28.7 Å². The van der Waals surface area contributed by atoms with E-state index in [4.69, 9.17) is 11.6 Å². The van der Waals surface area contributed by atoms with Gasteiger partial charge in [-0.3, -0.25) is 0 Å². The van der Waals surface area contributed by atoms with Gasteiger partial charge in [-0.05, 0) is 50.6 Å². The smallest absolute Gasteiger partial charge is 0.248 e. The molecule has 0 amide bonds. The van der Waals surface area contributed by atoms with Crippen LogP contribution in [0.3, 0.4) is 0 Å². The predicted octanol–water partition coefficient (Wildman–Crippen LogP) is 3.93. The summed E-state index contributed by atoms with van der Waals surface area (Å²) in [5.41, 5.74) is 4.38. The molecule has 0 bridgehead atoms. The largest absolute Gasteiger partial charge is 0.274 e. The number of rotatable bonds is 4. The molecule has 0 saturated carbocycles. The number of H-pyrrole nitrogens is 1. The number of pyridine rings is 1. The van der Waals surface area contributed by atoms with E-state index >= 15 is 0 Å². The molecule has 1 aromatic carbocycles. The van der Waals surface area contributed by atoms with E-state index in [1.165, 1.54) is 5.56 Å². The standard InChI is InChI=1S/C18H19ClN4/c1-12-8-9-20-17(10-12)21-18(15-4-6-16(19)7-5-15)23-14(3)11-13(2)22-23/h4-11,18H,1-3H3,(H,20,21)/p+1/t18-/m0/s1. The molecule has 2 aromatic heterocycles. The SMILES string of the molecule is Cc1cc[nH+]c(N[C@H](c2ccc(Cl)cc2)n2nc(C)cc2C)c1. The second kappa shape index (κ2) is 6.42. The van der Waals surface area contributed by atoms with Gasteiger partial charge in [-0.1, -0.05) is 23.7 Å². The molecule has 0 fully saturated rings. The van der Waals surface area contributed by atoms with Crippen molar-refractivity contribution in [3.63, 3.8) is 0 Å². The lowest BCUT2D eigenvalue weighted by atomic mass is 10.1. The minimum atomic E-state index is -0.112. The van der Waals surface area contributed by atoms with Crippen LogP contribution in [-0.2, 0) is 0 Å². The van der Waals surface area contributed by atoms with E-state index in [0.717, 1.165) is 27.8 Å². The number of hydrogen-bond donors (Lipinski definition) is 1. The van der Waals surface area contributed by atoms with Crippen molar-refractivity contribution >= 4 is 17.4 Å². The van der Waals surface area contributed by atoms with Crippen LogP contribution in [0.15, 0.2) is 48.7 Å². The third-order valence-corrected chi connectivity index (χ3v) is 3.98. The van der Waals surface area contributed by atoms with Crippen LogP contribution in [0, 0.1) is 20.8 Å². The van der Waals surface area contributed by atoms with Gasteiger partial charge in [0.05, 0.1) is 11.9 Å². The van der Waals surface area contributed by atoms with Crippen LogP contribution in [0.25, 0.3) is 0 Å². The first kappa shape index (κ1) is 15.6. The first-order valence-electron chi connectivity index (χ1n) is 7.56. The zero-order valence-corrected chi connectivity index (χ0v) is 14.2. The van der Waals surface area contributed by atoms with E-state index in [2.05, 4.69) is 41.4 Å². The molecular weight excluding hydrogens is 308 g/mol. The Hall–Kier alpha value is -2.33. The monoisotopic (exact) mass is 327 g/mol. The summed E-state index contributed by atoms with van der Waals surface area (Å²) in [6.07, 6.45) is 1.82. The number of halogens is 1. The highest BCUT2D eigenvalue weighted by Crippen LogP contribution is 2.23. The Kier molecular flexibility index (Phi) is 4.35. The fourth-order valence-corrected chi connectivity index (χ4v) is 2.78. The van der Waals surface area contributed by atoms with Gasteiger partial charge < -0.3 is 0 Å². The second-order valence-electron chi connectivity index (χ2n) is 5.75. The van der Waals surface area contributed by atoms with Crippen LogP contribution in [0.5, 0.6) is 0 Å². The molecule has 1 atom stereocenters. The van der Waals surface area contributed by atoms with Gasteiger partial charge in [0, 0.05) is 22.3 Å². The summed E-state index contributed by atoms with van der Waals surface area (Å²) in [5.74, 6) is 0.942. The van der Waals surface area contributed by atoms with Crippen molar-refractivity contribution in [2.75, 3.05) is 5.32 Å². The summed E-state index contributed by atoms with van der Waals surface area (Å²) < 4.78 is 1.99. The average molecular weight is 328 g/mol. The van der Waals surface area contributed by atoms with Crippen molar-refractivity contribution in [3.05, 3.63) is 76.2 Å². The van der Waals surface area contributed by atoms with Crippen molar-refractivity contribution in [3.8, 4) is 0 Å². The maximum absolute atomic E-state index is 6.03. The molecule has 0 saturated heterocycles. The zero-order chi connectivity index (χ0) is 16.4. The van der Waals surface area contributed by atoms with E-state index in [9.17, 15) is 0 Å². The molecule has 0 aliphatic carbocycles. The first-order valence-corrected chi connectivity index (χ1v) is 7.94. The molecule has 0 aliphatic heterocycles. The maximum Gasteiger partial charge on any atom is 0.274 e. The van der Waals surface area contributed by atoms with Gasteiger partial charge in [0.2, 0.25) is 6.17 Å². The molecule has 118 valence electrons. The Morgan fingerprint density at radius 3 is 2.43 bits per heavy atom. The van der Waals surface area contributed by atoms with Crippen LogP contribution >= 0.6 is 11.6 Å². The Morgan fingerprint density at radius 1 is 1.09 bits per heavy atom. The third-order valence-electron chi connectivity index (χ3n) is 3.72. The van der Waals surface area contributed by atoms with E-state index in [0.29, 0.717) is 0 Å². The highest BCUT2D eigenvalue weighted by Gasteiger charge is 2.22. The molecule has 3 aromatic rings. The van der Waals surface area contributed by atoms with Crippen LogP contribution in [0.2, 0.25) is 5.02 Å². The van der Waals surface area contributed by atoms with Gasteiger partial charge in [-0.25, -0.2) is 15.0 Å². The Morgan fingerprint density at radius 2 is 1.83 bits per heavy atom. The van der Waals surface area contributed by atoms with Crippen molar-refractivity contribution in [1.82, 2.24) is 9.78 Å². The first-order chi connectivity index (χ1) is 11.0. The summed E-state index contributed by atoms with van der Waals surface area (Å²) in [5, 5.41) is 8.89. The average Bonchev–Trinajstić information content (AvgIpc) is 2.84. The van der Waals surface area contributed by atoms with Crippen molar-refractivity contribution in [1.29, 1.82) is 0 Å². The van der Waals surface area contributed by atoms with E-state index in [-0.39, 0.29) is 6.17 Å². The molecule has 0 aliphatic rings. The molecule has 5 heteroatoms. The molecule has 0 spiro atoms. The van der Waals surface area contributed by atoms with Crippen molar-refractivity contribution in [2.24, 2.45) is 0 Å². The summed E-state index contributed by atoms with van der Waals surface area (Å²) in [4.78, 5) is 3.24. The maximum atomic E-state index is 6.03. The van der Waals surface area contributed by atoms with Gasteiger partial charge >= 0.3 is 0 Å². The lowest BCUT2D eigenvalue weighted by Gasteiger charge is -2.17. The topological polar surface area (TPSA) is 44.0 Å². The van der Waals surface area contributed by atoms with Gasteiger partial charge in [-0.15, -0.1) is 0 Å². The summed E-state index contributed by atoms with van der Waals surface area (Å²) in [6.45, 7) is 6.13. The molecule has 2 heterocycles. The number of anilines is 1. The molecule has 0 unspecified atom stereocenters. The number of benzene rings is 1. The van der Waals surface area contributed by atoms with Gasteiger partial charge in [0.1, 0.15) is 0 Å². The summed E-state index contributed by atoms with van der Waals surface area (Å²) in [7, 11) is 0. The van der Waals surface area contributed by atoms with Crippen LogP contribution < -0.4 is 10.3 Å². The Bertz CT molecular complexity index is 808. The molecule has 4 nitrogen and oxygen atoms in total. The molecule has 23 heavy (non-hydrogen) atoms. The van der Waals surface area contributed by atoms with Crippen molar-refractivity contribution in [2.45, 2.75) is 26.9 Å². The molecule has 0 radical (unpaired) electrons. The highest BCUT2D eigenvalue weighted by molar-refractivity contribution is 6.30. The second-order valence-corrected chi connectivity index (χ2v) is 6.19. The quantitative estimate of drug-likeness (QED) is 0.789. The lowest BCUT2D eigenvalue weighted by molar-refractivity contribution is -0.361. The van der Waals surface area contributed by atoms with Crippen LogP contribution in [0.4, 0.5) is 5.82 Å². The summed E-state index contributed by atoms with van der Waals surface area (Å²) in [6, 6.07) is 14.0. The van der Waals surface area contributed by atoms with E-state index in [1.54, 1.807) is 0 Å². The van der Waals surface area contributed by atoms with Gasteiger partial charge in [-0.2, -0.15) is 5.10 Å². The van der Waals surface area contributed by atoms with E-state index < -0.39 is 0 Å². The minimum Gasteiger partial charge on any atom is -0.248 e. The third kappa shape index (κ3) is 3.54. The fraction of sp³-hybridized carbons (Fsp3) is 0.222. The van der Waals surface area contributed by atoms with Gasteiger partial charge in [0.15, 0.2) is 0 Å². The number of nitrogens with zero attached hydrogens (tertiary/aromatic N) is 2. The minimum absolute atomic E-state index is 0.112. The lowest BCUT2D eigenvalue weighted by Crippen LogP contribution is -2.25. The number of nitrogens with one attached hydrogen (secondary N) is 2. The predicted molar refractivity (Wildman–Crippen MR) is 92.6 cm³/mol. The van der Waals surface area contributed by atoms with Gasteiger partial charge in [0.25, 0.3) is 5.82 Å². The number of hydrogen-bond acceptors (Lipinski definition) is 2. The summed E-state index contributed by atoms with van der Waals surface area (Å²) >= 11 is 6.03. The fourth-order valence-electron chi connectivity index (χ4n) is 2.65. The normalized spacial score (nSPS) is 12.2. The number of aromatic amines is 1. The number of aryl methyl sites for hydroxylation is 3. The molecule has 2 N–H and O–H groups in total. The zero-order valence-electron chi connectivity index (χ0n) is 13.5.